The molecule has 92 valence electrons. The van der Waals surface area contributed by atoms with Crippen molar-refractivity contribution >= 4 is 27.5 Å². The fourth-order valence-electron chi connectivity index (χ4n) is 1.48. The van der Waals surface area contributed by atoms with Crippen molar-refractivity contribution in [2.24, 2.45) is 0 Å². The van der Waals surface area contributed by atoms with Crippen LogP contribution in [0.1, 0.15) is 15.9 Å². The van der Waals surface area contributed by atoms with Crippen LogP contribution in [0.5, 0.6) is 0 Å². The summed E-state index contributed by atoms with van der Waals surface area (Å²) in [4.78, 5) is 11.9. The fourth-order valence-corrected chi connectivity index (χ4v) is 1.73. The van der Waals surface area contributed by atoms with Gasteiger partial charge in [-0.05, 0) is 53.2 Å². The highest BCUT2D eigenvalue weighted by Crippen LogP contribution is 2.19. The van der Waals surface area contributed by atoms with Crippen LogP contribution in [0.15, 0.2) is 46.9 Å². The number of hydrogen-bond acceptors (Lipinski definition) is 1. The van der Waals surface area contributed by atoms with Crippen LogP contribution < -0.4 is 5.32 Å². The lowest BCUT2D eigenvalue weighted by Gasteiger charge is -2.06. The van der Waals surface area contributed by atoms with Crippen LogP contribution in [0.4, 0.5) is 10.1 Å². The average Bonchev–Trinajstić information content (AvgIpc) is 2.34. The number of carbonyl (C=O) groups is 1. The quantitative estimate of drug-likeness (QED) is 0.887. The summed E-state index contributed by atoms with van der Waals surface area (Å²) in [6.45, 7) is 1.95. The van der Waals surface area contributed by atoms with E-state index in [1.807, 2.05) is 19.1 Å². The minimum atomic E-state index is -0.406. The number of aryl methyl sites for hydroxylation is 1. The molecule has 0 aliphatic heterocycles. The molecule has 0 saturated heterocycles. The first-order valence-corrected chi connectivity index (χ1v) is 6.18. The summed E-state index contributed by atoms with van der Waals surface area (Å²) in [7, 11) is 0. The van der Waals surface area contributed by atoms with Crippen LogP contribution >= 0.6 is 15.9 Å². The van der Waals surface area contributed by atoms with Gasteiger partial charge in [0.05, 0.1) is 4.47 Å². The zero-order chi connectivity index (χ0) is 13.1. The number of hydrogen-bond donors (Lipinski definition) is 1. The van der Waals surface area contributed by atoms with Crippen LogP contribution in [0.2, 0.25) is 0 Å². The highest BCUT2D eigenvalue weighted by atomic mass is 79.9. The number of halogens is 2. The van der Waals surface area contributed by atoms with Crippen LogP contribution in [0.3, 0.4) is 0 Å². The van der Waals surface area contributed by atoms with Crippen molar-refractivity contribution in [3.05, 3.63) is 63.9 Å². The standard InChI is InChI=1S/C14H11BrFNO/c1-9-2-4-10(5-3-9)14(18)17-11-6-7-12(15)13(16)8-11/h2-8H,1H3,(H,17,18). The van der Waals surface area contributed by atoms with E-state index in [2.05, 4.69) is 21.2 Å². The Morgan fingerprint density at radius 3 is 2.44 bits per heavy atom. The van der Waals surface area contributed by atoms with E-state index in [0.29, 0.717) is 15.7 Å². The van der Waals surface area contributed by atoms with Gasteiger partial charge in [0.15, 0.2) is 0 Å². The predicted molar refractivity (Wildman–Crippen MR) is 73.2 cm³/mol. The smallest absolute Gasteiger partial charge is 0.255 e. The highest BCUT2D eigenvalue weighted by Gasteiger charge is 2.07. The van der Waals surface area contributed by atoms with E-state index >= 15 is 0 Å². The molecule has 0 saturated carbocycles. The molecular formula is C14H11BrFNO. The monoisotopic (exact) mass is 307 g/mol. The lowest BCUT2D eigenvalue weighted by Crippen LogP contribution is -2.11. The van der Waals surface area contributed by atoms with Crippen molar-refractivity contribution in [2.45, 2.75) is 6.92 Å². The minimum absolute atomic E-state index is 0.253. The molecule has 4 heteroatoms. The second kappa shape index (κ2) is 5.31. The van der Waals surface area contributed by atoms with Gasteiger partial charge in [0.25, 0.3) is 5.91 Å². The predicted octanol–water partition coefficient (Wildman–Crippen LogP) is 4.15. The lowest BCUT2D eigenvalue weighted by atomic mass is 10.1. The third-order valence-corrected chi connectivity index (χ3v) is 3.13. The molecule has 18 heavy (non-hydrogen) atoms. The normalized spacial score (nSPS) is 10.2. The molecule has 2 rings (SSSR count). The van der Waals surface area contributed by atoms with Crippen LogP contribution in [0.25, 0.3) is 0 Å². The summed E-state index contributed by atoms with van der Waals surface area (Å²) in [5.41, 5.74) is 2.06. The van der Waals surface area contributed by atoms with Crippen molar-refractivity contribution in [2.75, 3.05) is 5.32 Å². The Labute approximate surface area is 113 Å². The van der Waals surface area contributed by atoms with Gasteiger partial charge >= 0.3 is 0 Å². The number of nitrogens with one attached hydrogen (secondary N) is 1. The Morgan fingerprint density at radius 1 is 1.17 bits per heavy atom. The van der Waals surface area contributed by atoms with Gasteiger partial charge in [-0.1, -0.05) is 17.7 Å². The molecule has 0 aromatic heterocycles. The molecular weight excluding hydrogens is 297 g/mol. The summed E-state index contributed by atoms with van der Waals surface area (Å²) >= 11 is 3.06. The SMILES string of the molecule is Cc1ccc(C(=O)Nc2ccc(Br)c(F)c2)cc1. The van der Waals surface area contributed by atoms with Gasteiger partial charge in [0.2, 0.25) is 0 Å². The Hall–Kier alpha value is -1.68. The number of anilines is 1. The first kappa shape index (κ1) is 12.8. The van der Waals surface area contributed by atoms with Crippen molar-refractivity contribution in [1.82, 2.24) is 0 Å². The Balaban J connectivity index is 2.16. The minimum Gasteiger partial charge on any atom is -0.322 e. The summed E-state index contributed by atoms with van der Waals surface area (Å²) in [6, 6.07) is 11.7. The molecule has 0 atom stereocenters. The Morgan fingerprint density at radius 2 is 1.83 bits per heavy atom. The second-order valence-electron chi connectivity index (χ2n) is 3.95. The van der Waals surface area contributed by atoms with E-state index in [1.165, 1.54) is 6.07 Å². The number of benzene rings is 2. The first-order valence-electron chi connectivity index (χ1n) is 5.39. The van der Waals surface area contributed by atoms with Crippen LogP contribution in [0, 0.1) is 12.7 Å². The zero-order valence-corrected chi connectivity index (χ0v) is 11.3. The van der Waals surface area contributed by atoms with Crippen molar-refractivity contribution in [3.8, 4) is 0 Å². The summed E-state index contributed by atoms with van der Waals surface area (Å²) < 4.78 is 13.7. The van der Waals surface area contributed by atoms with E-state index < -0.39 is 5.82 Å². The van der Waals surface area contributed by atoms with Gasteiger partial charge in [-0.3, -0.25) is 4.79 Å². The van der Waals surface area contributed by atoms with E-state index in [4.69, 9.17) is 0 Å². The zero-order valence-electron chi connectivity index (χ0n) is 9.71. The molecule has 2 aromatic rings. The Bertz CT molecular complexity index is 581. The summed E-state index contributed by atoms with van der Waals surface area (Å²) in [5.74, 6) is -0.659. The third-order valence-electron chi connectivity index (χ3n) is 2.49. The van der Waals surface area contributed by atoms with Crippen LogP contribution in [-0.4, -0.2) is 5.91 Å². The molecule has 1 amide bonds. The fraction of sp³-hybridized carbons (Fsp3) is 0.0714. The molecule has 0 aliphatic carbocycles. The van der Waals surface area contributed by atoms with Crippen molar-refractivity contribution in [3.63, 3.8) is 0 Å². The average molecular weight is 308 g/mol. The van der Waals surface area contributed by atoms with Crippen LogP contribution in [-0.2, 0) is 0 Å². The van der Waals surface area contributed by atoms with Crippen molar-refractivity contribution < 1.29 is 9.18 Å². The van der Waals surface area contributed by atoms with Gasteiger partial charge in [0.1, 0.15) is 5.82 Å². The maximum Gasteiger partial charge on any atom is 0.255 e. The maximum absolute atomic E-state index is 13.3. The van der Waals surface area contributed by atoms with Gasteiger partial charge in [-0.15, -0.1) is 0 Å². The molecule has 0 unspecified atom stereocenters. The number of amides is 1. The molecule has 1 N–H and O–H groups in total. The van der Waals surface area contributed by atoms with Gasteiger partial charge in [0, 0.05) is 11.3 Å². The van der Waals surface area contributed by atoms with E-state index in [1.54, 1.807) is 24.3 Å². The molecule has 2 nitrogen and oxygen atoms in total. The summed E-state index contributed by atoms with van der Waals surface area (Å²) in [5, 5.41) is 2.65. The maximum atomic E-state index is 13.3. The van der Waals surface area contributed by atoms with Gasteiger partial charge in [-0.2, -0.15) is 0 Å². The molecule has 0 bridgehead atoms. The van der Waals surface area contributed by atoms with E-state index in [0.717, 1.165) is 5.56 Å². The van der Waals surface area contributed by atoms with Gasteiger partial charge in [-0.25, -0.2) is 4.39 Å². The first-order chi connectivity index (χ1) is 8.56. The molecule has 0 spiro atoms. The third kappa shape index (κ3) is 2.96. The van der Waals surface area contributed by atoms with Gasteiger partial charge < -0.3 is 5.32 Å². The molecule has 2 aromatic carbocycles. The van der Waals surface area contributed by atoms with E-state index in [-0.39, 0.29) is 5.91 Å². The van der Waals surface area contributed by atoms with Crippen molar-refractivity contribution in [1.29, 1.82) is 0 Å². The second-order valence-corrected chi connectivity index (χ2v) is 4.80. The highest BCUT2D eigenvalue weighted by molar-refractivity contribution is 9.10. The van der Waals surface area contributed by atoms with E-state index in [9.17, 15) is 9.18 Å². The topological polar surface area (TPSA) is 29.1 Å². The molecule has 0 heterocycles. The molecule has 0 radical (unpaired) electrons. The lowest BCUT2D eigenvalue weighted by molar-refractivity contribution is 0.102. The largest absolute Gasteiger partial charge is 0.322 e. The molecule has 0 fully saturated rings. The number of rotatable bonds is 2. The number of carbonyl (C=O) groups excluding carboxylic acids is 1. The summed E-state index contributed by atoms with van der Waals surface area (Å²) in [6.07, 6.45) is 0. The molecule has 0 aliphatic rings. The Kier molecular flexibility index (Phi) is 3.77.